The third-order valence-electron chi connectivity index (χ3n) is 1.66. The maximum Gasteiger partial charge on any atom is 0.332 e. The number of isocyanates is 1. The van der Waals surface area contributed by atoms with Gasteiger partial charge in [-0.1, -0.05) is 0 Å². The summed E-state index contributed by atoms with van der Waals surface area (Å²) >= 11 is 0. The van der Waals surface area contributed by atoms with Crippen molar-refractivity contribution in [3.8, 4) is 0 Å². The molecule has 0 N–H and O–H groups in total. The quantitative estimate of drug-likeness (QED) is 0.404. The molecule has 0 aliphatic heterocycles. The molecule has 0 heterocycles. The molecule has 0 rings (SSSR count). The molecule has 16 heavy (non-hydrogen) atoms. The fourth-order valence-electron chi connectivity index (χ4n) is 1.01. The lowest BCUT2D eigenvalue weighted by molar-refractivity contribution is -0.156. The monoisotopic (exact) mass is 227 g/mol. The Kier molecular flexibility index (Phi) is 5.61. The van der Waals surface area contributed by atoms with E-state index in [4.69, 9.17) is 4.74 Å². The Bertz CT molecular complexity index is 310. The molecule has 1 atom stereocenters. The zero-order chi connectivity index (χ0) is 12.8. The third-order valence-corrected chi connectivity index (χ3v) is 1.66. The summed E-state index contributed by atoms with van der Waals surface area (Å²) in [5.74, 6) is -0.660. The molecule has 0 fully saturated rings. The van der Waals surface area contributed by atoms with Crippen molar-refractivity contribution in [2.75, 3.05) is 0 Å². The van der Waals surface area contributed by atoms with Crippen LogP contribution in [0, 0.1) is 0 Å². The molecule has 90 valence electrons. The number of carbonyl (C=O) groups excluding carboxylic acids is 3. The Hall–Kier alpha value is -1.48. The Balaban J connectivity index is 4.47. The molecule has 0 radical (unpaired) electrons. The maximum atomic E-state index is 11.6. The van der Waals surface area contributed by atoms with Crippen molar-refractivity contribution in [3.05, 3.63) is 0 Å². The Morgan fingerprint density at radius 3 is 2.31 bits per heavy atom. The first-order chi connectivity index (χ1) is 7.26. The minimum atomic E-state index is -0.930. The molecule has 0 amide bonds. The van der Waals surface area contributed by atoms with Crippen LogP contribution in [0.25, 0.3) is 0 Å². The Labute approximate surface area is 94.9 Å². The first-order valence-electron chi connectivity index (χ1n) is 5.05. The van der Waals surface area contributed by atoms with Gasteiger partial charge in [-0.05, 0) is 34.1 Å². The fraction of sp³-hybridized carbons (Fsp3) is 0.727. The number of ether oxygens (including phenoxy) is 1. The van der Waals surface area contributed by atoms with Gasteiger partial charge >= 0.3 is 5.97 Å². The number of rotatable bonds is 5. The van der Waals surface area contributed by atoms with E-state index in [9.17, 15) is 14.4 Å². The van der Waals surface area contributed by atoms with Crippen molar-refractivity contribution >= 4 is 17.8 Å². The second-order valence-corrected chi connectivity index (χ2v) is 4.51. The normalized spacial score (nSPS) is 12.5. The van der Waals surface area contributed by atoms with Gasteiger partial charge in [-0.3, -0.25) is 0 Å². The lowest BCUT2D eigenvalue weighted by Gasteiger charge is -2.21. The predicted octanol–water partition coefficient (Wildman–Crippen LogP) is 1.40. The molecule has 0 saturated carbocycles. The largest absolute Gasteiger partial charge is 0.458 e. The molecule has 5 heteroatoms. The van der Waals surface area contributed by atoms with E-state index in [1.807, 2.05) is 0 Å². The van der Waals surface area contributed by atoms with Gasteiger partial charge in [-0.2, -0.15) is 4.99 Å². The summed E-state index contributed by atoms with van der Waals surface area (Å²) in [7, 11) is 0. The first kappa shape index (κ1) is 14.5. The summed E-state index contributed by atoms with van der Waals surface area (Å²) in [5.41, 5.74) is -0.635. The van der Waals surface area contributed by atoms with Gasteiger partial charge in [-0.15, -0.1) is 0 Å². The summed E-state index contributed by atoms with van der Waals surface area (Å²) in [6, 6.07) is -0.930. The van der Waals surface area contributed by atoms with Crippen LogP contribution < -0.4 is 0 Å². The fourth-order valence-corrected chi connectivity index (χ4v) is 1.01. The number of ketones is 1. The van der Waals surface area contributed by atoms with Gasteiger partial charge in [0.1, 0.15) is 11.4 Å². The van der Waals surface area contributed by atoms with Gasteiger partial charge in [0.15, 0.2) is 6.04 Å². The van der Waals surface area contributed by atoms with Gasteiger partial charge in [0.05, 0.1) is 0 Å². The number of aliphatic imine (C=N–C) groups is 1. The van der Waals surface area contributed by atoms with E-state index in [0.29, 0.717) is 0 Å². The number of esters is 1. The smallest absolute Gasteiger partial charge is 0.332 e. The van der Waals surface area contributed by atoms with Crippen LogP contribution in [-0.4, -0.2) is 29.5 Å². The summed E-state index contributed by atoms with van der Waals surface area (Å²) in [4.78, 5) is 35.8. The van der Waals surface area contributed by atoms with Crippen molar-refractivity contribution in [3.63, 3.8) is 0 Å². The van der Waals surface area contributed by atoms with Crippen molar-refractivity contribution in [1.82, 2.24) is 0 Å². The molecule has 0 saturated heterocycles. The first-order valence-corrected chi connectivity index (χ1v) is 5.05. The van der Waals surface area contributed by atoms with Gasteiger partial charge in [0, 0.05) is 6.42 Å². The zero-order valence-corrected chi connectivity index (χ0v) is 10.1. The van der Waals surface area contributed by atoms with Crippen LogP contribution in [0.5, 0.6) is 0 Å². The molecule has 0 unspecified atom stereocenters. The molecule has 0 aromatic rings. The molecule has 0 aliphatic rings. The van der Waals surface area contributed by atoms with E-state index in [1.165, 1.54) is 13.0 Å². The van der Waals surface area contributed by atoms with Crippen LogP contribution in [0.2, 0.25) is 0 Å². The minimum absolute atomic E-state index is 0.0605. The Morgan fingerprint density at radius 1 is 1.38 bits per heavy atom. The summed E-state index contributed by atoms with van der Waals surface area (Å²) in [5, 5.41) is 0. The third kappa shape index (κ3) is 6.90. The van der Waals surface area contributed by atoms with Gasteiger partial charge < -0.3 is 9.53 Å². The molecule has 5 nitrogen and oxygen atoms in total. The number of Topliss-reactive ketones (excluding diaryl/α,β-unsaturated/α-hetero) is 1. The van der Waals surface area contributed by atoms with Crippen LogP contribution in [0.4, 0.5) is 0 Å². The summed E-state index contributed by atoms with van der Waals surface area (Å²) in [6.45, 7) is 6.57. The second kappa shape index (κ2) is 6.18. The molecular formula is C11H17NO4. The molecule has 0 spiro atoms. The highest BCUT2D eigenvalue weighted by Gasteiger charge is 2.24. The maximum absolute atomic E-state index is 11.6. The lowest BCUT2D eigenvalue weighted by Crippen LogP contribution is -2.31. The highest BCUT2D eigenvalue weighted by molar-refractivity contribution is 5.80. The summed E-state index contributed by atoms with van der Waals surface area (Å²) < 4.78 is 5.06. The van der Waals surface area contributed by atoms with E-state index in [1.54, 1.807) is 20.8 Å². The molecule has 0 aromatic heterocycles. The van der Waals surface area contributed by atoms with Crippen LogP contribution in [0.3, 0.4) is 0 Å². The number of carbonyl (C=O) groups is 2. The number of hydrogen-bond acceptors (Lipinski definition) is 5. The zero-order valence-electron chi connectivity index (χ0n) is 10.1. The average molecular weight is 227 g/mol. The topological polar surface area (TPSA) is 72.8 Å². The van der Waals surface area contributed by atoms with Crippen molar-refractivity contribution in [2.24, 2.45) is 4.99 Å². The summed E-state index contributed by atoms with van der Waals surface area (Å²) in [6.07, 6.45) is 1.69. The van der Waals surface area contributed by atoms with Gasteiger partial charge in [-0.25, -0.2) is 9.59 Å². The lowest BCUT2D eigenvalue weighted by atomic mass is 10.1. The minimum Gasteiger partial charge on any atom is -0.458 e. The van der Waals surface area contributed by atoms with Crippen molar-refractivity contribution < 1.29 is 19.1 Å². The number of nitrogens with zero attached hydrogens (tertiary/aromatic N) is 1. The number of hydrogen-bond donors (Lipinski definition) is 0. The van der Waals surface area contributed by atoms with E-state index < -0.39 is 17.6 Å². The second-order valence-electron chi connectivity index (χ2n) is 4.51. The molecule has 0 aromatic carbocycles. The van der Waals surface area contributed by atoms with Crippen LogP contribution in [-0.2, 0) is 19.1 Å². The molecule has 0 bridgehead atoms. The van der Waals surface area contributed by atoms with Gasteiger partial charge in [0.25, 0.3) is 0 Å². The Morgan fingerprint density at radius 2 is 1.94 bits per heavy atom. The molecule has 0 aliphatic carbocycles. The van der Waals surface area contributed by atoms with E-state index in [-0.39, 0.29) is 18.6 Å². The van der Waals surface area contributed by atoms with Crippen LogP contribution >= 0.6 is 0 Å². The molecular weight excluding hydrogens is 210 g/mol. The van der Waals surface area contributed by atoms with E-state index >= 15 is 0 Å². The SMILES string of the molecule is CC(=O)CC[C@H](N=C=O)C(=O)OC(C)(C)C. The predicted molar refractivity (Wildman–Crippen MR) is 57.7 cm³/mol. The van der Waals surface area contributed by atoms with Crippen LogP contribution in [0.15, 0.2) is 4.99 Å². The van der Waals surface area contributed by atoms with Crippen molar-refractivity contribution in [2.45, 2.75) is 52.2 Å². The van der Waals surface area contributed by atoms with E-state index in [0.717, 1.165) is 0 Å². The van der Waals surface area contributed by atoms with Gasteiger partial charge in [0.2, 0.25) is 6.08 Å². The standard InChI is InChI=1S/C11H17NO4/c1-8(14)5-6-9(12-7-13)10(15)16-11(2,3)4/h9H,5-6H2,1-4H3/t9-/m0/s1. The average Bonchev–Trinajstić information content (AvgIpc) is 2.08. The van der Waals surface area contributed by atoms with Crippen LogP contribution in [0.1, 0.15) is 40.5 Å². The van der Waals surface area contributed by atoms with Crippen molar-refractivity contribution in [1.29, 1.82) is 0 Å². The van der Waals surface area contributed by atoms with E-state index in [2.05, 4.69) is 4.99 Å². The highest BCUT2D eigenvalue weighted by atomic mass is 16.6. The highest BCUT2D eigenvalue weighted by Crippen LogP contribution is 2.12.